The molecule has 0 atom stereocenters. The molecule has 1 N–H and O–H groups in total. The second-order valence-electron chi connectivity index (χ2n) is 5.60. The van der Waals surface area contributed by atoms with Gasteiger partial charge in [0.05, 0.1) is 5.75 Å². The Morgan fingerprint density at radius 1 is 1.33 bits per heavy atom. The first-order valence-corrected chi connectivity index (χ1v) is 9.30. The molecule has 0 saturated carbocycles. The third-order valence-corrected chi connectivity index (χ3v) is 3.92. The highest BCUT2D eigenvalue weighted by molar-refractivity contribution is 7.90. The largest absolute Gasteiger partial charge is 0.370 e. The van der Waals surface area contributed by atoms with Crippen molar-refractivity contribution in [2.45, 2.75) is 33.1 Å². The minimum Gasteiger partial charge on any atom is -0.370 e. The van der Waals surface area contributed by atoms with Gasteiger partial charge >= 0.3 is 0 Å². The van der Waals surface area contributed by atoms with E-state index < -0.39 is 9.84 Å². The Labute approximate surface area is 127 Å². The quantitative estimate of drug-likeness (QED) is 0.790. The summed E-state index contributed by atoms with van der Waals surface area (Å²) in [5, 5.41) is 3.26. The van der Waals surface area contributed by atoms with E-state index in [4.69, 9.17) is 0 Å². The zero-order chi connectivity index (χ0) is 16.0. The summed E-state index contributed by atoms with van der Waals surface area (Å²) in [6, 6.07) is 1.86. The van der Waals surface area contributed by atoms with E-state index in [1.807, 2.05) is 31.9 Å². The zero-order valence-electron chi connectivity index (χ0n) is 13.5. The molecule has 0 aliphatic carbocycles. The van der Waals surface area contributed by atoms with Crippen LogP contribution in [0.1, 0.15) is 38.9 Å². The lowest BCUT2D eigenvalue weighted by molar-refractivity contribution is 0.601. The van der Waals surface area contributed by atoms with Crippen molar-refractivity contribution in [1.29, 1.82) is 0 Å². The van der Waals surface area contributed by atoms with Crippen LogP contribution in [0.15, 0.2) is 6.07 Å². The first-order valence-electron chi connectivity index (χ1n) is 7.24. The van der Waals surface area contributed by atoms with Crippen LogP contribution < -0.4 is 10.2 Å². The van der Waals surface area contributed by atoms with Gasteiger partial charge in [0.25, 0.3) is 0 Å². The van der Waals surface area contributed by atoms with Crippen LogP contribution >= 0.6 is 0 Å². The van der Waals surface area contributed by atoms with Gasteiger partial charge in [-0.05, 0) is 6.42 Å². The Hall–Kier alpha value is -1.37. The monoisotopic (exact) mass is 314 g/mol. The van der Waals surface area contributed by atoms with Crippen LogP contribution in [-0.4, -0.2) is 50.5 Å². The summed E-state index contributed by atoms with van der Waals surface area (Å²) in [6.45, 7) is 7.44. The molecule has 0 fully saturated rings. The number of nitrogens with zero attached hydrogens (tertiary/aromatic N) is 3. The normalized spacial score (nSPS) is 11.7. The molecule has 6 nitrogen and oxygen atoms in total. The third kappa shape index (κ3) is 6.29. The number of hydrogen-bond acceptors (Lipinski definition) is 6. The molecule has 1 aromatic heterocycles. The molecule has 7 heteroatoms. The average molecular weight is 314 g/mol. The highest BCUT2D eigenvalue weighted by atomic mass is 32.2. The zero-order valence-corrected chi connectivity index (χ0v) is 14.4. The Morgan fingerprint density at radius 2 is 2.00 bits per heavy atom. The number of rotatable bonds is 8. The third-order valence-electron chi connectivity index (χ3n) is 2.99. The van der Waals surface area contributed by atoms with Crippen LogP contribution in [-0.2, 0) is 9.84 Å². The summed E-state index contributed by atoms with van der Waals surface area (Å²) in [6.07, 6.45) is 2.26. The van der Waals surface area contributed by atoms with E-state index in [2.05, 4.69) is 22.2 Å². The van der Waals surface area contributed by atoms with Gasteiger partial charge in [-0.25, -0.2) is 18.4 Å². The lowest BCUT2D eigenvalue weighted by atomic mass is 10.2. The fraction of sp³-hybridized carbons (Fsp3) is 0.714. The van der Waals surface area contributed by atoms with E-state index in [-0.39, 0.29) is 11.7 Å². The van der Waals surface area contributed by atoms with Crippen molar-refractivity contribution >= 4 is 21.5 Å². The molecule has 0 spiro atoms. The van der Waals surface area contributed by atoms with Crippen molar-refractivity contribution in [3.8, 4) is 0 Å². The molecule has 1 heterocycles. The fourth-order valence-corrected chi connectivity index (χ4v) is 2.27. The summed E-state index contributed by atoms with van der Waals surface area (Å²) in [5.41, 5.74) is 0. The molecule has 0 aliphatic rings. The molecule has 0 saturated heterocycles. The summed E-state index contributed by atoms with van der Waals surface area (Å²) in [7, 11) is -1.13. The smallest absolute Gasteiger partial charge is 0.149 e. The fourth-order valence-electron chi connectivity index (χ4n) is 1.67. The first kappa shape index (κ1) is 17.7. The van der Waals surface area contributed by atoms with Gasteiger partial charge in [0, 0.05) is 38.4 Å². The molecule has 1 aromatic rings. The molecule has 0 amide bonds. The maximum absolute atomic E-state index is 11.3. The van der Waals surface area contributed by atoms with E-state index in [9.17, 15) is 8.42 Å². The summed E-state index contributed by atoms with van der Waals surface area (Å²) < 4.78 is 22.6. The van der Waals surface area contributed by atoms with Gasteiger partial charge in [-0.2, -0.15) is 0 Å². The summed E-state index contributed by atoms with van der Waals surface area (Å²) in [5.74, 6) is 2.63. The molecule has 21 heavy (non-hydrogen) atoms. The average Bonchev–Trinajstić information content (AvgIpc) is 2.41. The van der Waals surface area contributed by atoms with Crippen LogP contribution in [0.5, 0.6) is 0 Å². The molecule has 0 bridgehead atoms. The van der Waals surface area contributed by atoms with E-state index >= 15 is 0 Å². The highest BCUT2D eigenvalue weighted by Gasteiger charge is 2.12. The number of hydrogen-bond donors (Lipinski definition) is 1. The van der Waals surface area contributed by atoms with Gasteiger partial charge in [-0.15, -0.1) is 0 Å². The van der Waals surface area contributed by atoms with Crippen molar-refractivity contribution in [1.82, 2.24) is 9.97 Å². The lowest BCUT2D eigenvalue weighted by Crippen LogP contribution is -2.26. The van der Waals surface area contributed by atoms with Gasteiger partial charge in [-0.3, -0.25) is 0 Å². The molecular weight excluding hydrogens is 288 g/mol. The topological polar surface area (TPSA) is 75.2 Å². The predicted molar refractivity (Wildman–Crippen MR) is 87.9 cm³/mol. The van der Waals surface area contributed by atoms with Crippen molar-refractivity contribution < 1.29 is 8.42 Å². The van der Waals surface area contributed by atoms with Crippen molar-refractivity contribution in [3.63, 3.8) is 0 Å². The molecular formula is C14H26N4O2S. The van der Waals surface area contributed by atoms with Crippen LogP contribution in [0, 0.1) is 0 Å². The Bertz CT molecular complexity index is 558. The summed E-state index contributed by atoms with van der Waals surface area (Å²) >= 11 is 0. The molecule has 0 radical (unpaired) electrons. The minimum atomic E-state index is -2.98. The van der Waals surface area contributed by atoms with Crippen molar-refractivity contribution in [3.05, 3.63) is 11.9 Å². The van der Waals surface area contributed by atoms with Gasteiger partial charge in [0.15, 0.2) is 0 Å². The highest BCUT2D eigenvalue weighted by Crippen LogP contribution is 2.19. The van der Waals surface area contributed by atoms with Gasteiger partial charge in [0.2, 0.25) is 0 Å². The van der Waals surface area contributed by atoms with Crippen LogP contribution in [0.2, 0.25) is 0 Å². The lowest BCUT2D eigenvalue weighted by Gasteiger charge is -2.20. The van der Waals surface area contributed by atoms with Crippen LogP contribution in [0.4, 0.5) is 11.6 Å². The van der Waals surface area contributed by atoms with E-state index in [0.29, 0.717) is 6.54 Å². The number of anilines is 2. The Morgan fingerprint density at radius 3 is 2.52 bits per heavy atom. The first-order chi connectivity index (χ1) is 9.73. The minimum absolute atomic E-state index is 0.113. The summed E-state index contributed by atoms with van der Waals surface area (Å²) in [4.78, 5) is 10.9. The van der Waals surface area contributed by atoms with Gasteiger partial charge in [-0.1, -0.05) is 20.8 Å². The maximum atomic E-state index is 11.3. The molecule has 0 aromatic carbocycles. The van der Waals surface area contributed by atoms with Gasteiger partial charge < -0.3 is 10.2 Å². The Balaban J connectivity index is 2.95. The van der Waals surface area contributed by atoms with Crippen molar-refractivity contribution in [2.75, 3.05) is 42.4 Å². The maximum Gasteiger partial charge on any atom is 0.149 e. The second-order valence-corrected chi connectivity index (χ2v) is 7.86. The SMILES string of the molecule is CCCNc1cc(N(C)CCS(C)(=O)=O)nc(C(C)C)n1. The van der Waals surface area contributed by atoms with Crippen LogP contribution in [0.25, 0.3) is 0 Å². The number of sulfone groups is 1. The van der Waals surface area contributed by atoms with E-state index in [0.717, 1.165) is 30.4 Å². The van der Waals surface area contributed by atoms with Crippen LogP contribution in [0.3, 0.4) is 0 Å². The second kappa shape index (κ2) is 7.59. The molecule has 120 valence electrons. The number of nitrogens with one attached hydrogen (secondary N) is 1. The van der Waals surface area contributed by atoms with E-state index in [1.54, 1.807) is 0 Å². The standard InChI is InChI=1S/C14H26N4O2S/c1-6-7-15-12-10-13(17-14(16-12)11(2)3)18(4)8-9-21(5,19)20/h10-11H,6-9H2,1-5H3,(H,15,16,17). The van der Waals surface area contributed by atoms with Crippen molar-refractivity contribution in [2.24, 2.45) is 0 Å². The van der Waals surface area contributed by atoms with Gasteiger partial charge in [0.1, 0.15) is 27.3 Å². The Kier molecular flexibility index (Phi) is 6.39. The van der Waals surface area contributed by atoms with E-state index in [1.165, 1.54) is 6.26 Å². The molecule has 0 unspecified atom stereocenters. The molecule has 1 rings (SSSR count). The molecule has 0 aliphatic heterocycles. The predicted octanol–water partition coefficient (Wildman–Crippen LogP) is 1.90. The number of aromatic nitrogens is 2.